The van der Waals surface area contributed by atoms with Gasteiger partial charge < -0.3 is 5.11 Å². The van der Waals surface area contributed by atoms with E-state index < -0.39 is 17.2 Å². The van der Waals surface area contributed by atoms with Crippen molar-refractivity contribution >= 4 is 21.9 Å². The molecule has 1 heterocycles. The predicted octanol–water partition coefficient (Wildman–Crippen LogP) is 2.50. The van der Waals surface area contributed by atoms with Gasteiger partial charge in [-0.1, -0.05) is 22.4 Å². The van der Waals surface area contributed by atoms with Crippen molar-refractivity contribution in [2.45, 2.75) is 25.8 Å². The third-order valence-corrected chi connectivity index (χ3v) is 4.41. The Morgan fingerprint density at radius 1 is 1.48 bits per heavy atom. The smallest absolute Gasteiger partial charge is 0.311 e. The van der Waals surface area contributed by atoms with E-state index in [9.17, 15) is 14.3 Å². The van der Waals surface area contributed by atoms with Crippen molar-refractivity contribution in [2.75, 3.05) is 0 Å². The maximum Gasteiger partial charge on any atom is 0.311 e. The summed E-state index contributed by atoms with van der Waals surface area (Å²) in [6, 6.07) is 4.58. The molecule has 0 aliphatic heterocycles. The Morgan fingerprint density at radius 3 is 2.81 bits per heavy atom. The summed E-state index contributed by atoms with van der Waals surface area (Å²) in [5.74, 6) is -1.07. The maximum absolute atomic E-state index is 14.0. The van der Waals surface area contributed by atoms with Crippen LogP contribution in [0, 0.1) is 11.2 Å². The van der Waals surface area contributed by atoms with E-state index in [1.807, 2.05) is 0 Å². The van der Waals surface area contributed by atoms with E-state index >= 15 is 0 Å². The lowest BCUT2D eigenvalue weighted by Crippen LogP contribution is -2.42. The molecule has 0 unspecified atom stereocenters. The summed E-state index contributed by atoms with van der Waals surface area (Å²) in [4.78, 5) is 11.4. The molecule has 8 heteroatoms. The third-order valence-electron chi connectivity index (χ3n) is 3.92. The molecule has 3 rings (SSSR count). The Morgan fingerprint density at radius 2 is 2.24 bits per heavy atom. The normalized spacial score (nSPS) is 16.5. The first kappa shape index (κ1) is 14.1. The zero-order chi connectivity index (χ0) is 15.0. The minimum absolute atomic E-state index is 0.153. The van der Waals surface area contributed by atoms with Gasteiger partial charge in [0.05, 0.1) is 17.5 Å². The number of carbonyl (C=O) groups is 1. The molecule has 1 N–H and O–H groups in total. The molecule has 6 nitrogen and oxygen atoms in total. The number of benzene rings is 1. The highest BCUT2D eigenvalue weighted by Crippen LogP contribution is 2.43. The quantitative estimate of drug-likeness (QED) is 0.912. The van der Waals surface area contributed by atoms with Gasteiger partial charge in [-0.05, 0) is 41.5 Å². The Bertz CT molecular complexity index is 699. The van der Waals surface area contributed by atoms with E-state index in [0.29, 0.717) is 17.3 Å². The van der Waals surface area contributed by atoms with Gasteiger partial charge >= 0.3 is 5.97 Å². The summed E-state index contributed by atoms with van der Waals surface area (Å²) in [6.07, 6.45) is 2.05. The highest BCUT2D eigenvalue weighted by molar-refractivity contribution is 9.10. The lowest BCUT2D eigenvalue weighted by molar-refractivity contribution is -0.156. The van der Waals surface area contributed by atoms with Gasteiger partial charge in [-0.2, -0.15) is 0 Å². The average molecular weight is 355 g/mol. The van der Waals surface area contributed by atoms with Gasteiger partial charge in [0.1, 0.15) is 5.82 Å². The Balaban J connectivity index is 1.96. The van der Waals surface area contributed by atoms with Crippen molar-refractivity contribution in [1.29, 1.82) is 0 Å². The standard InChI is InChI=1S/C13H12BrFN4O2/c14-8-2-3-9(10(15)6-8)11-16-17-18-19(11)7-13(12(20)21)4-1-5-13/h2-3,6H,1,4-5,7H2,(H,20,21). The number of halogens is 2. The largest absolute Gasteiger partial charge is 0.481 e. The van der Waals surface area contributed by atoms with Crippen LogP contribution in [0.2, 0.25) is 0 Å². The van der Waals surface area contributed by atoms with Gasteiger partial charge in [0.25, 0.3) is 0 Å². The van der Waals surface area contributed by atoms with E-state index in [2.05, 4.69) is 31.5 Å². The average Bonchev–Trinajstić information content (AvgIpc) is 2.81. The fourth-order valence-corrected chi connectivity index (χ4v) is 2.84. The molecule has 1 aromatic heterocycles. The number of rotatable bonds is 4. The number of aromatic nitrogens is 4. The first-order chi connectivity index (χ1) is 10.0. The van der Waals surface area contributed by atoms with Gasteiger partial charge in [-0.15, -0.1) is 5.10 Å². The number of nitrogens with zero attached hydrogens (tertiary/aromatic N) is 4. The molecule has 0 atom stereocenters. The molecule has 1 fully saturated rings. The summed E-state index contributed by atoms with van der Waals surface area (Å²) in [5.41, 5.74) is -0.584. The number of hydrogen-bond donors (Lipinski definition) is 1. The van der Waals surface area contributed by atoms with Crippen LogP contribution < -0.4 is 0 Å². The summed E-state index contributed by atoms with van der Waals surface area (Å²) in [5, 5.41) is 20.6. The third kappa shape index (κ3) is 2.44. The molecule has 0 spiro atoms. The minimum Gasteiger partial charge on any atom is -0.481 e. The molecule has 0 saturated heterocycles. The van der Waals surface area contributed by atoms with E-state index in [0.717, 1.165) is 6.42 Å². The second-order valence-corrected chi connectivity index (χ2v) is 6.14. The monoisotopic (exact) mass is 354 g/mol. The Labute approximate surface area is 128 Å². The molecule has 0 radical (unpaired) electrons. The van der Waals surface area contributed by atoms with Crippen LogP contribution in [0.5, 0.6) is 0 Å². The van der Waals surface area contributed by atoms with Crippen LogP contribution in [0.1, 0.15) is 19.3 Å². The van der Waals surface area contributed by atoms with E-state index in [1.54, 1.807) is 12.1 Å². The zero-order valence-corrected chi connectivity index (χ0v) is 12.5. The number of aliphatic carboxylic acids is 1. The van der Waals surface area contributed by atoms with Gasteiger partial charge in [-0.25, -0.2) is 9.07 Å². The molecule has 1 saturated carbocycles. The van der Waals surface area contributed by atoms with Gasteiger partial charge in [0.2, 0.25) is 0 Å². The van der Waals surface area contributed by atoms with Crippen LogP contribution in [0.25, 0.3) is 11.4 Å². The van der Waals surface area contributed by atoms with E-state index in [1.165, 1.54) is 10.7 Å². The van der Waals surface area contributed by atoms with Crippen LogP contribution in [0.15, 0.2) is 22.7 Å². The van der Waals surface area contributed by atoms with Crippen LogP contribution in [-0.4, -0.2) is 31.3 Å². The number of tetrazole rings is 1. The first-order valence-electron chi connectivity index (χ1n) is 6.47. The maximum atomic E-state index is 14.0. The SMILES string of the molecule is O=C(O)C1(Cn2nnnc2-c2ccc(Br)cc2F)CCC1. The fourth-order valence-electron chi connectivity index (χ4n) is 2.50. The summed E-state index contributed by atoms with van der Waals surface area (Å²) < 4.78 is 16.0. The van der Waals surface area contributed by atoms with Crippen LogP contribution >= 0.6 is 15.9 Å². The number of hydrogen-bond acceptors (Lipinski definition) is 4. The molecule has 110 valence electrons. The molecule has 2 aromatic rings. The molecular formula is C13H12BrFN4O2. The lowest BCUT2D eigenvalue weighted by Gasteiger charge is -2.37. The Hall–Kier alpha value is -1.83. The molecule has 1 aromatic carbocycles. The summed E-state index contributed by atoms with van der Waals surface area (Å²) >= 11 is 3.19. The molecule has 1 aliphatic carbocycles. The van der Waals surface area contributed by atoms with Crippen LogP contribution in [-0.2, 0) is 11.3 Å². The summed E-state index contributed by atoms with van der Waals surface area (Å²) in [7, 11) is 0. The topological polar surface area (TPSA) is 80.9 Å². The minimum atomic E-state index is -0.855. The van der Waals surface area contributed by atoms with Crippen molar-refractivity contribution in [2.24, 2.45) is 5.41 Å². The highest BCUT2D eigenvalue weighted by Gasteiger charge is 2.45. The van der Waals surface area contributed by atoms with Crippen LogP contribution in [0.4, 0.5) is 4.39 Å². The molecule has 0 amide bonds. The van der Waals surface area contributed by atoms with Gasteiger partial charge in [0, 0.05) is 4.47 Å². The number of carboxylic acid groups (broad SMARTS) is 1. The summed E-state index contributed by atoms with van der Waals surface area (Å²) in [6.45, 7) is 0.153. The van der Waals surface area contributed by atoms with Crippen molar-refractivity contribution in [1.82, 2.24) is 20.2 Å². The van der Waals surface area contributed by atoms with E-state index in [4.69, 9.17) is 0 Å². The van der Waals surface area contributed by atoms with Gasteiger partial charge in [-0.3, -0.25) is 4.79 Å². The molecule has 0 bridgehead atoms. The first-order valence-corrected chi connectivity index (χ1v) is 7.26. The lowest BCUT2D eigenvalue weighted by atomic mass is 9.69. The van der Waals surface area contributed by atoms with Crippen molar-refractivity contribution in [3.63, 3.8) is 0 Å². The highest BCUT2D eigenvalue weighted by atomic mass is 79.9. The molecular weight excluding hydrogens is 343 g/mol. The Kier molecular flexibility index (Phi) is 3.48. The van der Waals surface area contributed by atoms with Crippen molar-refractivity contribution < 1.29 is 14.3 Å². The number of carboxylic acids is 1. The fraction of sp³-hybridized carbons (Fsp3) is 0.385. The molecule has 21 heavy (non-hydrogen) atoms. The molecule has 1 aliphatic rings. The predicted molar refractivity (Wildman–Crippen MR) is 74.8 cm³/mol. The van der Waals surface area contributed by atoms with Crippen molar-refractivity contribution in [3.05, 3.63) is 28.5 Å². The van der Waals surface area contributed by atoms with E-state index in [-0.39, 0.29) is 17.9 Å². The zero-order valence-electron chi connectivity index (χ0n) is 11.0. The van der Waals surface area contributed by atoms with Crippen molar-refractivity contribution in [3.8, 4) is 11.4 Å². The van der Waals surface area contributed by atoms with Crippen LogP contribution in [0.3, 0.4) is 0 Å². The van der Waals surface area contributed by atoms with Gasteiger partial charge in [0.15, 0.2) is 5.82 Å². The second kappa shape index (κ2) is 5.18. The second-order valence-electron chi connectivity index (χ2n) is 5.22.